The maximum Gasteiger partial charge on any atom is 0.251 e. The predicted octanol–water partition coefficient (Wildman–Crippen LogP) is 2.14. The number of amides is 1. The van der Waals surface area contributed by atoms with Gasteiger partial charge in [0.05, 0.1) is 0 Å². The molecular weight excluding hydrogens is 214 g/mol. The van der Waals surface area contributed by atoms with E-state index in [2.05, 4.69) is 24.1 Å². The third-order valence-corrected chi connectivity index (χ3v) is 2.44. The lowest BCUT2D eigenvalue weighted by atomic mass is 10.0. The second kappa shape index (κ2) is 5.66. The van der Waals surface area contributed by atoms with Crippen molar-refractivity contribution in [1.29, 1.82) is 0 Å². The minimum absolute atomic E-state index is 0.0876. The number of hydrogen-bond donors (Lipinski definition) is 2. The molecule has 0 bridgehead atoms. The molecule has 0 saturated heterocycles. The third-order valence-electron chi connectivity index (χ3n) is 2.44. The van der Waals surface area contributed by atoms with Crippen LogP contribution in [0, 0.1) is 12.8 Å². The molecule has 0 aliphatic rings. The highest BCUT2D eigenvalue weighted by Crippen LogP contribution is 2.09. The first-order valence-corrected chi connectivity index (χ1v) is 5.93. The van der Waals surface area contributed by atoms with Gasteiger partial charge < -0.3 is 11.1 Å². The number of carbonyl (C=O) groups excluding carboxylic acids is 1. The van der Waals surface area contributed by atoms with Crippen LogP contribution in [0.4, 0.5) is 5.82 Å². The molecule has 0 fully saturated rings. The number of nitrogens with zero attached hydrogens (tertiary/aromatic N) is 1. The van der Waals surface area contributed by atoms with Crippen molar-refractivity contribution < 1.29 is 4.79 Å². The first kappa shape index (κ1) is 13.5. The van der Waals surface area contributed by atoms with E-state index in [4.69, 9.17) is 5.73 Å². The van der Waals surface area contributed by atoms with Gasteiger partial charge in [-0.05, 0) is 38.3 Å². The van der Waals surface area contributed by atoms with Crippen molar-refractivity contribution >= 4 is 11.7 Å². The van der Waals surface area contributed by atoms with Crippen LogP contribution in [0.5, 0.6) is 0 Å². The summed E-state index contributed by atoms with van der Waals surface area (Å²) < 4.78 is 0. The Morgan fingerprint density at radius 3 is 2.59 bits per heavy atom. The minimum atomic E-state index is -0.0876. The van der Waals surface area contributed by atoms with Crippen LogP contribution < -0.4 is 11.1 Å². The first-order chi connectivity index (χ1) is 7.88. The fourth-order valence-corrected chi connectivity index (χ4v) is 1.90. The van der Waals surface area contributed by atoms with Gasteiger partial charge in [-0.3, -0.25) is 4.79 Å². The van der Waals surface area contributed by atoms with Crippen LogP contribution in [0.2, 0.25) is 0 Å². The highest BCUT2D eigenvalue weighted by atomic mass is 16.1. The number of nitrogens with two attached hydrogens (primary N) is 1. The van der Waals surface area contributed by atoms with E-state index in [0.717, 1.165) is 12.1 Å². The SMILES string of the molecule is Cc1cc(C(=O)NC(C)CC(C)C)cc(N)n1. The summed E-state index contributed by atoms with van der Waals surface area (Å²) in [5.74, 6) is 0.858. The van der Waals surface area contributed by atoms with Crippen LogP contribution in [0.3, 0.4) is 0 Å². The van der Waals surface area contributed by atoms with Gasteiger partial charge in [0, 0.05) is 17.3 Å². The number of nitrogen functional groups attached to an aromatic ring is 1. The zero-order valence-corrected chi connectivity index (χ0v) is 10.9. The zero-order valence-electron chi connectivity index (χ0n) is 10.9. The highest BCUT2D eigenvalue weighted by molar-refractivity contribution is 5.95. The van der Waals surface area contributed by atoms with Gasteiger partial charge in [0.2, 0.25) is 0 Å². The summed E-state index contributed by atoms with van der Waals surface area (Å²) in [6.45, 7) is 8.11. The van der Waals surface area contributed by atoms with Crippen molar-refractivity contribution in [2.45, 2.75) is 40.2 Å². The number of nitrogens with one attached hydrogen (secondary N) is 1. The van der Waals surface area contributed by atoms with Gasteiger partial charge in [0.1, 0.15) is 5.82 Å². The van der Waals surface area contributed by atoms with Crippen molar-refractivity contribution in [3.63, 3.8) is 0 Å². The van der Waals surface area contributed by atoms with Gasteiger partial charge in [0.15, 0.2) is 0 Å². The predicted molar refractivity (Wildman–Crippen MR) is 69.8 cm³/mol. The number of pyridine rings is 1. The van der Waals surface area contributed by atoms with Crippen LogP contribution in [0.15, 0.2) is 12.1 Å². The molecule has 1 amide bonds. The van der Waals surface area contributed by atoms with Gasteiger partial charge in [-0.25, -0.2) is 4.98 Å². The van der Waals surface area contributed by atoms with E-state index in [-0.39, 0.29) is 11.9 Å². The molecule has 1 aromatic heterocycles. The Bertz CT molecular complexity index is 381. The smallest absolute Gasteiger partial charge is 0.251 e. The molecule has 0 aliphatic carbocycles. The molecule has 0 radical (unpaired) electrons. The number of carbonyl (C=O) groups is 1. The van der Waals surface area contributed by atoms with Crippen molar-refractivity contribution in [3.8, 4) is 0 Å². The Hall–Kier alpha value is -1.58. The number of rotatable bonds is 4. The second-order valence-electron chi connectivity index (χ2n) is 4.93. The average molecular weight is 235 g/mol. The maximum absolute atomic E-state index is 11.9. The quantitative estimate of drug-likeness (QED) is 0.840. The molecule has 94 valence electrons. The lowest BCUT2D eigenvalue weighted by molar-refractivity contribution is 0.0936. The molecule has 0 aliphatic heterocycles. The van der Waals surface area contributed by atoms with Crippen LogP contribution >= 0.6 is 0 Å². The fourth-order valence-electron chi connectivity index (χ4n) is 1.90. The molecule has 1 aromatic rings. The van der Waals surface area contributed by atoms with E-state index in [9.17, 15) is 4.79 Å². The van der Waals surface area contributed by atoms with E-state index in [1.165, 1.54) is 0 Å². The summed E-state index contributed by atoms with van der Waals surface area (Å²) >= 11 is 0. The normalized spacial score (nSPS) is 12.5. The lowest BCUT2D eigenvalue weighted by Gasteiger charge is -2.16. The fraction of sp³-hybridized carbons (Fsp3) is 0.538. The standard InChI is InChI=1S/C13H21N3O/c1-8(2)5-9(3)16-13(17)11-6-10(4)15-12(14)7-11/h6-9H,5H2,1-4H3,(H2,14,15)(H,16,17). The van der Waals surface area contributed by atoms with Gasteiger partial charge >= 0.3 is 0 Å². The minimum Gasteiger partial charge on any atom is -0.384 e. The Labute approximate surface area is 103 Å². The molecule has 4 nitrogen and oxygen atoms in total. The van der Waals surface area contributed by atoms with E-state index < -0.39 is 0 Å². The molecule has 4 heteroatoms. The number of aryl methyl sites for hydroxylation is 1. The molecular formula is C13H21N3O. The summed E-state index contributed by atoms with van der Waals surface area (Å²) in [5.41, 5.74) is 6.95. The molecule has 1 heterocycles. The summed E-state index contributed by atoms with van der Waals surface area (Å²) in [7, 11) is 0. The van der Waals surface area contributed by atoms with E-state index in [1.54, 1.807) is 12.1 Å². The van der Waals surface area contributed by atoms with Gasteiger partial charge in [-0.2, -0.15) is 0 Å². The van der Waals surface area contributed by atoms with Gasteiger partial charge in [-0.15, -0.1) is 0 Å². The topological polar surface area (TPSA) is 68.0 Å². The van der Waals surface area contributed by atoms with E-state index >= 15 is 0 Å². The molecule has 17 heavy (non-hydrogen) atoms. The highest BCUT2D eigenvalue weighted by Gasteiger charge is 2.12. The zero-order chi connectivity index (χ0) is 13.0. The molecule has 0 saturated carbocycles. The summed E-state index contributed by atoms with van der Waals surface area (Å²) in [5, 5.41) is 2.96. The van der Waals surface area contributed by atoms with Crippen LogP contribution in [-0.2, 0) is 0 Å². The summed E-state index contributed by atoms with van der Waals surface area (Å²) in [4.78, 5) is 16.0. The Kier molecular flexibility index (Phi) is 4.49. The monoisotopic (exact) mass is 235 g/mol. The Balaban J connectivity index is 2.69. The largest absolute Gasteiger partial charge is 0.384 e. The molecule has 3 N–H and O–H groups in total. The van der Waals surface area contributed by atoms with Crippen molar-refractivity contribution in [1.82, 2.24) is 10.3 Å². The van der Waals surface area contributed by atoms with Crippen molar-refractivity contribution in [2.75, 3.05) is 5.73 Å². The van der Waals surface area contributed by atoms with Crippen molar-refractivity contribution in [2.24, 2.45) is 5.92 Å². The molecule has 1 atom stereocenters. The molecule has 1 unspecified atom stereocenters. The Morgan fingerprint density at radius 2 is 2.06 bits per heavy atom. The summed E-state index contributed by atoms with van der Waals surface area (Å²) in [6.07, 6.45) is 0.964. The lowest BCUT2D eigenvalue weighted by Crippen LogP contribution is -2.33. The van der Waals surface area contributed by atoms with Crippen LogP contribution in [0.25, 0.3) is 0 Å². The molecule has 0 spiro atoms. The van der Waals surface area contributed by atoms with Crippen LogP contribution in [0.1, 0.15) is 43.2 Å². The van der Waals surface area contributed by atoms with Crippen molar-refractivity contribution in [3.05, 3.63) is 23.4 Å². The Morgan fingerprint density at radius 1 is 1.41 bits per heavy atom. The number of aromatic nitrogens is 1. The molecule has 0 aromatic carbocycles. The molecule has 1 rings (SSSR count). The van der Waals surface area contributed by atoms with Crippen LogP contribution in [-0.4, -0.2) is 16.9 Å². The van der Waals surface area contributed by atoms with E-state index in [0.29, 0.717) is 17.3 Å². The average Bonchev–Trinajstić information content (AvgIpc) is 2.14. The van der Waals surface area contributed by atoms with Gasteiger partial charge in [0.25, 0.3) is 5.91 Å². The summed E-state index contributed by atoms with van der Waals surface area (Å²) in [6, 6.07) is 3.51. The first-order valence-electron chi connectivity index (χ1n) is 5.93. The van der Waals surface area contributed by atoms with Gasteiger partial charge in [-0.1, -0.05) is 13.8 Å². The number of hydrogen-bond acceptors (Lipinski definition) is 3. The third kappa shape index (κ3) is 4.43. The van der Waals surface area contributed by atoms with E-state index in [1.807, 2.05) is 13.8 Å². The second-order valence-corrected chi connectivity index (χ2v) is 4.93. The number of anilines is 1. The maximum atomic E-state index is 11.9.